The fraction of sp³-hybridized carbons (Fsp3) is 0.611. The van der Waals surface area contributed by atoms with Gasteiger partial charge in [0.25, 0.3) is 0 Å². The third-order valence-electron chi connectivity index (χ3n) is 4.60. The number of methoxy groups -OCH3 is 1. The maximum Gasteiger partial charge on any atom is 0.225 e. The van der Waals surface area contributed by atoms with Crippen molar-refractivity contribution in [3.05, 3.63) is 24.3 Å². The standard InChI is InChI=1S/C18H27NO3/c1-14-8-4-5-9-15(14)19(2)18(20)12-13-22-17-11-7-6-10-16(17)21-3/h6-7,10-11,14-15H,4-5,8-9,12-13H2,1-3H3. The second-order valence-corrected chi connectivity index (χ2v) is 6.08. The first-order chi connectivity index (χ1) is 10.6. The second-order valence-electron chi connectivity index (χ2n) is 6.08. The summed E-state index contributed by atoms with van der Waals surface area (Å²) in [7, 11) is 3.55. The molecule has 0 bridgehead atoms. The maximum absolute atomic E-state index is 12.3. The summed E-state index contributed by atoms with van der Waals surface area (Å²) in [5.41, 5.74) is 0. The van der Waals surface area contributed by atoms with E-state index in [0.717, 1.165) is 6.42 Å². The number of nitrogens with zero attached hydrogens (tertiary/aromatic N) is 1. The normalized spacial score (nSPS) is 21.2. The molecule has 1 aliphatic carbocycles. The van der Waals surface area contributed by atoms with Crippen molar-refractivity contribution < 1.29 is 14.3 Å². The topological polar surface area (TPSA) is 38.8 Å². The van der Waals surface area contributed by atoms with Crippen LogP contribution in [0.4, 0.5) is 0 Å². The lowest BCUT2D eigenvalue weighted by atomic mass is 9.85. The Morgan fingerprint density at radius 3 is 2.59 bits per heavy atom. The highest BCUT2D eigenvalue weighted by Crippen LogP contribution is 2.28. The average Bonchev–Trinajstić information content (AvgIpc) is 2.55. The Kier molecular flexibility index (Phi) is 6.10. The zero-order chi connectivity index (χ0) is 15.9. The first kappa shape index (κ1) is 16.7. The van der Waals surface area contributed by atoms with Crippen molar-refractivity contribution in [1.82, 2.24) is 4.90 Å². The number of amides is 1. The lowest BCUT2D eigenvalue weighted by molar-refractivity contribution is -0.134. The Morgan fingerprint density at radius 2 is 1.91 bits per heavy atom. The summed E-state index contributed by atoms with van der Waals surface area (Å²) < 4.78 is 10.9. The predicted molar refractivity (Wildman–Crippen MR) is 87.3 cm³/mol. The van der Waals surface area contributed by atoms with E-state index in [1.807, 2.05) is 36.2 Å². The molecule has 4 nitrogen and oxygen atoms in total. The van der Waals surface area contributed by atoms with Crippen LogP contribution in [-0.2, 0) is 4.79 Å². The highest BCUT2D eigenvalue weighted by molar-refractivity contribution is 5.76. The van der Waals surface area contributed by atoms with Crippen LogP contribution in [-0.4, -0.2) is 37.6 Å². The molecule has 0 spiro atoms. The largest absolute Gasteiger partial charge is 0.493 e. The van der Waals surface area contributed by atoms with Crippen molar-refractivity contribution in [2.24, 2.45) is 5.92 Å². The van der Waals surface area contributed by atoms with E-state index < -0.39 is 0 Å². The first-order valence-corrected chi connectivity index (χ1v) is 8.15. The number of carbonyl (C=O) groups excluding carboxylic acids is 1. The van der Waals surface area contributed by atoms with Crippen molar-refractivity contribution in [1.29, 1.82) is 0 Å². The van der Waals surface area contributed by atoms with Crippen LogP contribution in [0.3, 0.4) is 0 Å². The molecule has 1 aromatic rings. The molecule has 1 aliphatic rings. The van der Waals surface area contributed by atoms with Crippen LogP contribution in [0.5, 0.6) is 11.5 Å². The molecule has 1 aromatic carbocycles. The molecule has 0 saturated heterocycles. The van der Waals surface area contributed by atoms with E-state index in [0.29, 0.717) is 36.5 Å². The quantitative estimate of drug-likeness (QED) is 0.807. The van der Waals surface area contributed by atoms with Gasteiger partial charge in [-0.15, -0.1) is 0 Å². The van der Waals surface area contributed by atoms with Crippen LogP contribution in [0.1, 0.15) is 39.0 Å². The monoisotopic (exact) mass is 305 g/mol. The molecule has 0 aliphatic heterocycles. The van der Waals surface area contributed by atoms with Gasteiger partial charge in [0, 0.05) is 13.1 Å². The molecule has 1 fully saturated rings. The Bertz CT molecular complexity index is 489. The minimum atomic E-state index is 0.161. The van der Waals surface area contributed by atoms with Crippen molar-refractivity contribution in [2.45, 2.75) is 45.1 Å². The van der Waals surface area contributed by atoms with E-state index in [9.17, 15) is 4.79 Å². The van der Waals surface area contributed by atoms with Gasteiger partial charge in [-0.1, -0.05) is 31.9 Å². The van der Waals surface area contributed by atoms with Crippen LogP contribution in [0.2, 0.25) is 0 Å². The van der Waals surface area contributed by atoms with Crippen LogP contribution in [0, 0.1) is 5.92 Å². The molecule has 22 heavy (non-hydrogen) atoms. The Hall–Kier alpha value is -1.71. The van der Waals surface area contributed by atoms with E-state index in [1.165, 1.54) is 19.3 Å². The number of para-hydroxylation sites is 2. The zero-order valence-corrected chi connectivity index (χ0v) is 13.9. The van der Waals surface area contributed by atoms with Gasteiger partial charge in [0.2, 0.25) is 5.91 Å². The highest BCUT2D eigenvalue weighted by atomic mass is 16.5. The molecule has 4 heteroatoms. The Morgan fingerprint density at radius 1 is 1.23 bits per heavy atom. The summed E-state index contributed by atoms with van der Waals surface area (Å²) in [6.07, 6.45) is 5.26. The van der Waals surface area contributed by atoms with Crippen LogP contribution in [0.25, 0.3) is 0 Å². The molecule has 0 aromatic heterocycles. The average molecular weight is 305 g/mol. The van der Waals surface area contributed by atoms with Gasteiger partial charge in [-0.05, 0) is 30.9 Å². The first-order valence-electron chi connectivity index (χ1n) is 8.15. The fourth-order valence-electron chi connectivity index (χ4n) is 3.22. The van der Waals surface area contributed by atoms with Crippen molar-refractivity contribution >= 4 is 5.91 Å². The summed E-state index contributed by atoms with van der Waals surface area (Å²) in [5.74, 6) is 2.14. The van der Waals surface area contributed by atoms with Crippen molar-refractivity contribution in [2.75, 3.05) is 20.8 Å². The van der Waals surface area contributed by atoms with Gasteiger partial charge < -0.3 is 14.4 Å². The molecule has 2 rings (SSSR count). The minimum Gasteiger partial charge on any atom is -0.493 e. The molecular weight excluding hydrogens is 278 g/mol. The van der Waals surface area contributed by atoms with Gasteiger partial charge >= 0.3 is 0 Å². The van der Waals surface area contributed by atoms with Gasteiger partial charge in [0.05, 0.1) is 20.1 Å². The summed E-state index contributed by atoms with van der Waals surface area (Å²) >= 11 is 0. The van der Waals surface area contributed by atoms with Gasteiger partial charge in [0.1, 0.15) is 0 Å². The lowest BCUT2D eigenvalue weighted by Gasteiger charge is -2.36. The number of rotatable bonds is 6. The van der Waals surface area contributed by atoms with Crippen molar-refractivity contribution in [3.63, 3.8) is 0 Å². The van der Waals surface area contributed by atoms with Crippen molar-refractivity contribution in [3.8, 4) is 11.5 Å². The number of benzene rings is 1. The minimum absolute atomic E-state index is 0.161. The molecule has 1 amide bonds. The molecule has 2 unspecified atom stereocenters. The second kappa shape index (κ2) is 8.06. The van der Waals surface area contributed by atoms with Gasteiger partial charge in [-0.25, -0.2) is 0 Å². The number of hydrogen-bond donors (Lipinski definition) is 0. The lowest BCUT2D eigenvalue weighted by Crippen LogP contribution is -2.43. The van der Waals surface area contributed by atoms with Gasteiger partial charge in [-0.3, -0.25) is 4.79 Å². The third-order valence-corrected chi connectivity index (χ3v) is 4.60. The van der Waals surface area contributed by atoms with E-state index in [-0.39, 0.29) is 5.91 Å². The fourth-order valence-corrected chi connectivity index (χ4v) is 3.22. The molecule has 0 N–H and O–H groups in total. The summed E-state index contributed by atoms with van der Waals surface area (Å²) in [6, 6.07) is 7.89. The predicted octanol–water partition coefficient (Wildman–Crippen LogP) is 3.50. The SMILES string of the molecule is COc1ccccc1OCCC(=O)N(C)C1CCCCC1C. The molecule has 0 heterocycles. The van der Waals surface area contributed by atoms with E-state index in [4.69, 9.17) is 9.47 Å². The van der Waals surface area contributed by atoms with Crippen LogP contribution in [0.15, 0.2) is 24.3 Å². The van der Waals surface area contributed by atoms with Gasteiger partial charge in [-0.2, -0.15) is 0 Å². The number of ether oxygens (including phenoxy) is 2. The van der Waals surface area contributed by atoms with E-state index >= 15 is 0 Å². The maximum atomic E-state index is 12.3. The third kappa shape index (κ3) is 4.15. The highest BCUT2D eigenvalue weighted by Gasteiger charge is 2.27. The molecular formula is C18H27NO3. The zero-order valence-electron chi connectivity index (χ0n) is 13.9. The van der Waals surface area contributed by atoms with E-state index in [2.05, 4.69) is 6.92 Å². The molecule has 122 valence electrons. The van der Waals surface area contributed by atoms with Gasteiger partial charge in [0.15, 0.2) is 11.5 Å². The molecule has 2 atom stereocenters. The Balaban J connectivity index is 1.82. The van der Waals surface area contributed by atoms with Crippen LogP contribution < -0.4 is 9.47 Å². The Labute approximate surface area is 133 Å². The molecule has 1 saturated carbocycles. The van der Waals surface area contributed by atoms with Crippen LogP contribution >= 0.6 is 0 Å². The summed E-state index contributed by atoms with van der Waals surface area (Å²) in [4.78, 5) is 14.3. The smallest absolute Gasteiger partial charge is 0.225 e. The summed E-state index contributed by atoms with van der Waals surface area (Å²) in [5, 5.41) is 0. The van der Waals surface area contributed by atoms with E-state index in [1.54, 1.807) is 7.11 Å². The number of carbonyl (C=O) groups is 1. The number of hydrogen-bond acceptors (Lipinski definition) is 3. The summed E-state index contributed by atoms with van der Waals surface area (Å²) in [6.45, 7) is 2.63. The molecule has 0 radical (unpaired) electrons.